The van der Waals surface area contributed by atoms with Crippen LogP contribution in [0.1, 0.15) is 31.4 Å². The Bertz CT molecular complexity index is 717. The number of hydrogen-bond donors (Lipinski definition) is 2. The molecule has 2 heterocycles. The maximum Gasteiger partial charge on any atom is 0.431 e. The van der Waals surface area contributed by atoms with Gasteiger partial charge in [0, 0.05) is 29.6 Å². The molecule has 3 rings (SSSR count). The van der Waals surface area contributed by atoms with Crippen molar-refractivity contribution in [2.75, 3.05) is 25.0 Å². The number of H-pyrrole nitrogens is 1. The highest BCUT2D eigenvalue weighted by molar-refractivity contribution is 5.94. The van der Waals surface area contributed by atoms with E-state index >= 15 is 0 Å². The second kappa shape index (κ2) is 6.84. The number of alkyl halides is 3. The standard InChI is InChI=1S/C17H20F3N3O/c18-17(19,20)15-11-12-10-13(4-5-14(12)22-15)21-16(24)6-9-23-7-2-1-3-8-23/h4-5,10-11,22H,1-3,6-9H2,(H,21,24). The van der Waals surface area contributed by atoms with Crippen molar-refractivity contribution in [3.8, 4) is 0 Å². The molecule has 1 amide bonds. The van der Waals surface area contributed by atoms with Crippen LogP contribution in [0.3, 0.4) is 0 Å². The van der Waals surface area contributed by atoms with E-state index in [1.807, 2.05) is 0 Å². The Morgan fingerprint density at radius 3 is 2.62 bits per heavy atom. The zero-order chi connectivity index (χ0) is 17.2. The fourth-order valence-corrected chi connectivity index (χ4v) is 3.03. The minimum absolute atomic E-state index is 0.119. The number of amides is 1. The van der Waals surface area contributed by atoms with Crippen molar-refractivity contribution < 1.29 is 18.0 Å². The molecule has 4 nitrogen and oxygen atoms in total. The average molecular weight is 339 g/mol. The van der Waals surface area contributed by atoms with Gasteiger partial charge in [-0.15, -0.1) is 0 Å². The van der Waals surface area contributed by atoms with E-state index in [9.17, 15) is 18.0 Å². The molecule has 2 N–H and O–H groups in total. The lowest BCUT2D eigenvalue weighted by molar-refractivity contribution is -0.140. The molecule has 1 aliphatic rings. The van der Waals surface area contributed by atoms with Crippen LogP contribution < -0.4 is 5.32 Å². The van der Waals surface area contributed by atoms with Gasteiger partial charge in [-0.3, -0.25) is 4.79 Å². The van der Waals surface area contributed by atoms with E-state index in [2.05, 4.69) is 15.2 Å². The number of rotatable bonds is 4. The Morgan fingerprint density at radius 2 is 1.92 bits per heavy atom. The first kappa shape index (κ1) is 16.8. The lowest BCUT2D eigenvalue weighted by atomic mass is 10.1. The zero-order valence-electron chi connectivity index (χ0n) is 13.2. The van der Waals surface area contributed by atoms with E-state index in [4.69, 9.17) is 0 Å². The van der Waals surface area contributed by atoms with Crippen molar-refractivity contribution in [3.05, 3.63) is 30.0 Å². The van der Waals surface area contributed by atoms with Gasteiger partial charge in [-0.05, 0) is 50.2 Å². The summed E-state index contributed by atoms with van der Waals surface area (Å²) >= 11 is 0. The number of aromatic amines is 1. The van der Waals surface area contributed by atoms with Crippen LogP contribution in [0.2, 0.25) is 0 Å². The topological polar surface area (TPSA) is 48.1 Å². The minimum Gasteiger partial charge on any atom is -0.351 e. The number of carbonyl (C=O) groups excluding carboxylic acids is 1. The summed E-state index contributed by atoms with van der Waals surface area (Å²) in [6, 6.07) is 5.77. The predicted octanol–water partition coefficient (Wildman–Crippen LogP) is 4.00. The molecule has 1 aromatic carbocycles. The molecule has 1 saturated heterocycles. The quantitative estimate of drug-likeness (QED) is 0.884. The molecule has 0 spiro atoms. The number of fused-ring (bicyclic) bond motifs is 1. The highest BCUT2D eigenvalue weighted by Gasteiger charge is 2.32. The third-order valence-electron chi connectivity index (χ3n) is 4.31. The number of carbonyl (C=O) groups is 1. The van der Waals surface area contributed by atoms with E-state index in [-0.39, 0.29) is 5.91 Å². The van der Waals surface area contributed by atoms with Crippen molar-refractivity contribution in [1.29, 1.82) is 0 Å². The number of aromatic nitrogens is 1. The highest BCUT2D eigenvalue weighted by Crippen LogP contribution is 2.31. The van der Waals surface area contributed by atoms with Crippen LogP contribution in [0.15, 0.2) is 24.3 Å². The molecule has 0 radical (unpaired) electrons. The molecule has 1 aromatic heterocycles. The van der Waals surface area contributed by atoms with Crippen LogP contribution in [0.25, 0.3) is 10.9 Å². The lowest BCUT2D eigenvalue weighted by Crippen LogP contribution is -2.32. The molecule has 130 valence electrons. The first-order valence-electron chi connectivity index (χ1n) is 8.14. The number of benzene rings is 1. The van der Waals surface area contributed by atoms with Gasteiger partial charge in [0.05, 0.1) is 0 Å². The first-order valence-corrected chi connectivity index (χ1v) is 8.14. The number of halogens is 3. The molecule has 1 fully saturated rings. The number of hydrogen-bond acceptors (Lipinski definition) is 2. The fraction of sp³-hybridized carbons (Fsp3) is 0.471. The monoisotopic (exact) mass is 339 g/mol. The van der Waals surface area contributed by atoms with Crippen molar-refractivity contribution in [3.63, 3.8) is 0 Å². The lowest BCUT2D eigenvalue weighted by Gasteiger charge is -2.25. The largest absolute Gasteiger partial charge is 0.431 e. The Labute approximate surface area is 138 Å². The van der Waals surface area contributed by atoms with E-state index in [0.29, 0.717) is 23.0 Å². The molecular formula is C17H20F3N3O. The summed E-state index contributed by atoms with van der Waals surface area (Å²) in [6.45, 7) is 2.78. The predicted molar refractivity (Wildman–Crippen MR) is 86.8 cm³/mol. The van der Waals surface area contributed by atoms with Gasteiger partial charge in [0.15, 0.2) is 0 Å². The van der Waals surface area contributed by atoms with E-state index in [1.54, 1.807) is 18.2 Å². The summed E-state index contributed by atoms with van der Waals surface area (Å²) in [5.41, 5.74) is 0.124. The van der Waals surface area contributed by atoms with Gasteiger partial charge in [0.25, 0.3) is 0 Å². The average Bonchev–Trinajstić information content (AvgIpc) is 2.97. The normalized spacial score (nSPS) is 16.5. The summed E-state index contributed by atoms with van der Waals surface area (Å²) < 4.78 is 38.1. The molecule has 1 aliphatic heterocycles. The van der Waals surface area contributed by atoms with Crippen LogP contribution in [0.5, 0.6) is 0 Å². The Balaban J connectivity index is 1.61. The van der Waals surface area contributed by atoms with Crippen LogP contribution in [-0.2, 0) is 11.0 Å². The van der Waals surface area contributed by atoms with Crippen molar-refractivity contribution >= 4 is 22.5 Å². The van der Waals surface area contributed by atoms with Gasteiger partial charge in [-0.1, -0.05) is 6.42 Å². The summed E-state index contributed by atoms with van der Waals surface area (Å²) in [7, 11) is 0. The molecule has 2 aromatic rings. The molecule has 24 heavy (non-hydrogen) atoms. The van der Waals surface area contributed by atoms with Crippen LogP contribution in [0.4, 0.5) is 18.9 Å². The van der Waals surface area contributed by atoms with Gasteiger partial charge < -0.3 is 15.2 Å². The number of nitrogens with one attached hydrogen (secondary N) is 2. The number of likely N-dealkylation sites (tertiary alicyclic amines) is 1. The SMILES string of the molecule is O=C(CCN1CCCCC1)Nc1ccc2[nH]c(C(F)(F)F)cc2c1. The van der Waals surface area contributed by atoms with Crippen molar-refractivity contribution in [2.24, 2.45) is 0 Å². The number of anilines is 1. The van der Waals surface area contributed by atoms with Gasteiger partial charge in [-0.25, -0.2) is 0 Å². The maximum atomic E-state index is 12.7. The van der Waals surface area contributed by atoms with Crippen molar-refractivity contribution in [1.82, 2.24) is 9.88 Å². The maximum absolute atomic E-state index is 12.7. The molecule has 0 unspecified atom stereocenters. The number of nitrogens with zero attached hydrogens (tertiary/aromatic N) is 1. The summed E-state index contributed by atoms with van der Waals surface area (Å²) in [6.07, 6.45) is -0.421. The molecule has 0 aliphatic carbocycles. The van der Waals surface area contributed by atoms with Gasteiger partial charge in [-0.2, -0.15) is 13.2 Å². The Hall–Kier alpha value is -2.02. The van der Waals surface area contributed by atoms with Crippen LogP contribution in [0, 0.1) is 0 Å². The van der Waals surface area contributed by atoms with Gasteiger partial charge >= 0.3 is 6.18 Å². The van der Waals surface area contributed by atoms with Crippen molar-refractivity contribution in [2.45, 2.75) is 31.9 Å². The molecule has 7 heteroatoms. The minimum atomic E-state index is -4.41. The zero-order valence-corrected chi connectivity index (χ0v) is 13.2. The van der Waals surface area contributed by atoms with Crippen LogP contribution >= 0.6 is 0 Å². The molecule has 0 bridgehead atoms. The second-order valence-corrected chi connectivity index (χ2v) is 6.18. The molecule has 0 saturated carbocycles. The Kier molecular flexibility index (Phi) is 4.80. The third kappa shape index (κ3) is 4.08. The Morgan fingerprint density at radius 1 is 1.17 bits per heavy atom. The fourth-order valence-electron chi connectivity index (χ4n) is 3.03. The highest BCUT2D eigenvalue weighted by atomic mass is 19.4. The molecular weight excluding hydrogens is 319 g/mol. The van der Waals surface area contributed by atoms with E-state index in [1.165, 1.54) is 19.3 Å². The summed E-state index contributed by atoms with van der Waals surface area (Å²) in [5.74, 6) is -0.119. The van der Waals surface area contributed by atoms with Gasteiger partial charge in [0.1, 0.15) is 5.69 Å². The summed E-state index contributed by atoms with van der Waals surface area (Å²) in [4.78, 5) is 16.6. The first-order chi connectivity index (χ1) is 11.4. The van der Waals surface area contributed by atoms with E-state index < -0.39 is 11.9 Å². The van der Waals surface area contributed by atoms with Gasteiger partial charge in [0.2, 0.25) is 5.91 Å². The smallest absolute Gasteiger partial charge is 0.351 e. The number of piperidine rings is 1. The third-order valence-corrected chi connectivity index (χ3v) is 4.31. The summed E-state index contributed by atoms with van der Waals surface area (Å²) in [5, 5.41) is 3.19. The van der Waals surface area contributed by atoms with Crippen LogP contribution in [-0.4, -0.2) is 35.4 Å². The second-order valence-electron chi connectivity index (χ2n) is 6.18. The molecule has 0 atom stereocenters. The van der Waals surface area contributed by atoms with E-state index in [0.717, 1.165) is 25.7 Å².